The Morgan fingerprint density at radius 2 is 1.61 bits per heavy atom. The number of aliphatic hydroxyl groups excluding tert-OH is 2. The van der Waals surface area contributed by atoms with Crippen molar-refractivity contribution in [2.45, 2.75) is 198 Å². The second-order valence-corrected chi connectivity index (χ2v) is 22.9. The summed E-state index contributed by atoms with van der Waals surface area (Å²) in [5, 5.41) is 76.9. The predicted octanol–water partition coefficient (Wildman–Crippen LogP) is 3.42. The van der Waals surface area contributed by atoms with Crippen LogP contribution in [-0.4, -0.2) is 197 Å². The van der Waals surface area contributed by atoms with Crippen LogP contribution in [0.2, 0.25) is 0 Å². The van der Waals surface area contributed by atoms with Crippen LogP contribution < -0.4 is 15.8 Å². The normalized spacial score (nSPS) is 37.3. The number of benzene rings is 1. The molecular formula is C55H89N5O17. The van der Waals surface area contributed by atoms with Crippen molar-refractivity contribution < 1.29 is 78.3 Å². The van der Waals surface area contributed by atoms with Crippen LogP contribution in [0, 0.1) is 23.7 Å². The first-order valence-corrected chi connectivity index (χ1v) is 27.0. The van der Waals surface area contributed by atoms with Gasteiger partial charge in [0.15, 0.2) is 18.7 Å². The van der Waals surface area contributed by atoms with Gasteiger partial charge in [0.05, 0.1) is 59.7 Å². The fraction of sp³-hybridized carbons (Fsp3) is 0.764. The predicted molar refractivity (Wildman–Crippen MR) is 285 cm³/mol. The van der Waals surface area contributed by atoms with Crippen molar-refractivity contribution in [1.29, 1.82) is 0 Å². The maximum absolute atomic E-state index is 14.5. The second kappa shape index (κ2) is 26.3. The molecule has 3 saturated heterocycles. The number of methoxy groups -OCH3 is 1. The summed E-state index contributed by atoms with van der Waals surface area (Å²) < 4.78 is 46.2. The summed E-state index contributed by atoms with van der Waals surface area (Å²) in [6, 6.07) is 5.04. The van der Waals surface area contributed by atoms with E-state index >= 15 is 0 Å². The largest absolute Gasteiger partial charge is 0.477 e. The molecule has 3 aliphatic rings. The number of carbonyl (C=O) groups is 3. The summed E-state index contributed by atoms with van der Waals surface area (Å²) in [7, 11) is 8.66. The molecule has 1 aromatic carbocycles. The highest BCUT2D eigenvalue weighted by Crippen LogP contribution is 2.42. The third-order valence-corrected chi connectivity index (χ3v) is 16.2. The van der Waals surface area contributed by atoms with E-state index in [4.69, 9.17) is 33.2 Å². The van der Waals surface area contributed by atoms with Crippen molar-refractivity contribution in [2.24, 2.45) is 28.8 Å². The molecule has 0 aliphatic carbocycles. The number of carbonyl (C=O) groups excluding carboxylic acids is 2. The van der Waals surface area contributed by atoms with Gasteiger partial charge in [-0.25, -0.2) is 4.79 Å². The highest BCUT2D eigenvalue weighted by atomic mass is 16.7. The molecular weight excluding hydrogens is 1000 g/mol. The van der Waals surface area contributed by atoms with Gasteiger partial charge in [0.2, 0.25) is 5.43 Å². The molecule has 22 nitrogen and oxygen atoms in total. The van der Waals surface area contributed by atoms with Crippen LogP contribution in [0.25, 0.3) is 10.9 Å². The number of cyclic esters (lactones) is 1. The van der Waals surface area contributed by atoms with Crippen molar-refractivity contribution in [2.75, 3.05) is 53.4 Å². The number of ether oxygens (including phenoxy) is 7. The van der Waals surface area contributed by atoms with Crippen molar-refractivity contribution in [3.05, 3.63) is 45.7 Å². The number of aliphatic hydroxyl groups is 4. The number of aryl methyl sites for hydroxylation is 1. The average molecular weight is 1090 g/mol. The number of pyridine rings is 1. The highest BCUT2D eigenvalue weighted by molar-refractivity contribution is 5.93. The number of carboxylic acid groups (broad SMARTS) is 1. The van der Waals surface area contributed by atoms with Crippen molar-refractivity contribution in [3.8, 4) is 0 Å². The van der Waals surface area contributed by atoms with Crippen LogP contribution in [0.1, 0.15) is 124 Å². The van der Waals surface area contributed by atoms with E-state index in [2.05, 4.69) is 10.5 Å². The molecule has 7 N–H and O–H groups in total. The van der Waals surface area contributed by atoms with E-state index in [1.165, 1.54) is 27.2 Å². The maximum Gasteiger partial charge on any atom is 0.341 e. The van der Waals surface area contributed by atoms with Crippen LogP contribution in [-0.2, 0) is 49.2 Å². The van der Waals surface area contributed by atoms with Crippen molar-refractivity contribution in [1.82, 2.24) is 14.9 Å². The zero-order chi connectivity index (χ0) is 57.6. The lowest BCUT2D eigenvalue weighted by molar-refractivity contribution is -0.318. The van der Waals surface area contributed by atoms with E-state index < -0.39 is 119 Å². The third kappa shape index (κ3) is 14.5. The SMILES string of the molecule is CC[C@H]1OC(=O)[C@H](C)[C@@H](O[C@H]2C[C@@](C)(OC)[C@@H](OC(=O)CCNCCCc3ccc4c(c3)c(=O)c(C(=O)O)cn4N(C)C)[C@H](C)O2)[C@H](C)[C@@H](O[C@@H]2O[C@H](C)C[C@H](N(C)C)[C@H]2O)[C@](C)(O)C[C@@H](C)/C(=N\O)[C@@H](C)[C@@H](O)[C@]1(C)O. The van der Waals surface area contributed by atoms with Gasteiger partial charge in [-0.1, -0.05) is 38.9 Å². The fourth-order valence-corrected chi connectivity index (χ4v) is 11.8. The summed E-state index contributed by atoms with van der Waals surface area (Å²) in [5.41, 5.74) is -4.42. The first kappa shape index (κ1) is 63.5. The number of oxime groups is 1. The quantitative estimate of drug-likeness (QED) is 0.0517. The molecule has 77 heavy (non-hydrogen) atoms. The van der Waals surface area contributed by atoms with E-state index in [-0.39, 0.29) is 49.1 Å². The Morgan fingerprint density at radius 3 is 2.21 bits per heavy atom. The molecule has 436 valence electrons. The van der Waals surface area contributed by atoms with Gasteiger partial charge in [0.1, 0.15) is 29.0 Å². The molecule has 5 rings (SSSR count). The molecule has 0 spiro atoms. The number of hydrogen-bond acceptors (Lipinski definition) is 20. The van der Waals surface area contributed by atoms with Gasteiger partial charge in [-0.2, -0.15) is 0 Å². The Balaban J connectivity index is 1.35. The lowest BCUT2D eigenvalue weighted by atomic mass is 9.73. The van der Waals surface area contributed by atoms with Crippen LogP contribution >= 0.6 is 0 Å². The Kier molecular flexibility index (Phi) is 21.7. The van der Waals surface area contributed by atoms with Crippen molar-refractivity contribution in [3.63, 3.8) is 0 Å². The van der Waals surface area contributed by atoms with Gasteiger partial charge in [0, 0.05) is 69.5 Å². The Labute approximate surface area is 452 Å². The molecule has 2 aromatic rings. The van der Waals surface area contributed by atoms with E-state index in [1.54, 1.807) is 84.4 Å². The monoisotopic (exact) mass is 1090 g/mol. The Hall–Kier alpha value is -4.33. The van der Waals surface area contributed by atoms with E-state index in [1.807, 2.05) is 32.0 Å². The Morgan fingerprint density at radius 1 is 0.935 bits per heavy atom. The minimum Gasteiger partial charge on any atom is -0.477 e. The molecule has 0 amide bonds. The molecule has 3 fully saturated rings. The number of fused-ring (bicyclic) bond motifs is 1. The summed E-state index contributed by atoms with van der Waals surface area (Å²) in [5.74, 6) is -6.39. The van der Waals surface area contributed by atoms with Gasteiger partial charge in [-0.05, 0) is 112 Å². The molecule has 0 bridgehead atoms. The number of nitrogens with zero attached hydrogens (tertiary/aromatic N) is 4. The number of hydrogen-bond donors (Lipinski definition) is 7. The minimum absolute atomic E-state index is 0.00251. The highest BCUT2D eigenvalue weighted by Gasteiger charge is 2.54. The van der Waals surface area contributed by atoms with E-state index in [9.17, 15) is 49.9 Å². The van der Waals surface area contributed by atoms with Gasteiger partial charge >= 0.3 is 17.9 Å². The minimum atomic E-state index is -2.03. The zero-order valence-electron chi connectivity index (χ0n) is 47.8. The summed E-state index contributed by atoms with van der Waals surface area (Å²) in [6.45, 7) is 17.4. The van der Waals surface area contributed by atoms with Crippen LogP contribution in [0.3, 0.4) is 0 Å². The lowest BCUT2D eigenvalue weighted by Gasteiger charge is -2.49. The van der Waals surface area contributed by atoms with E-state index in [0.717, 1.165) is 5.56 Å². The molecule has 1 aromatic heterocycles. The van der Waals surface area contributed by atoms with Crippen LogP contribution in [0.5, 0.6) is 0 Å². The number of carboxylic acids is 1. The topological polar surface area (TPSA) is 290 Å². The average Bonchev–Trinajstić information content (AvgIpc) is 3.36. The lowest BCUT2D eigenvalue weighted by Crippen LogP contribution is -2.61. The number of nitrogens with one attached hydrogen (secondary N) is 1. The summed E-state index contributed by atoms with van der Waals surface area (Å²) in [6.07, 6.45) is -7.83. The van der Waals surface area contributed by atoms with Gasteiger partial charge in [-0.15, -0.1) is 0 Å². The van der Waals surface area contributed by atoms with Gasteiger partial charge in [0.25, 0.3) is 0 Å². The molecule has 4 heterocycles. The van der Waals surface area contributed by atoms with Crippen LogP contribution in [0.4, 0.5) is 0 Å². The van der Waals surface area contributed by atoms with E-state index in [0.29, 0.717) is 43.3 Å². The first-order chi connectivity index (χ1) is 35.9. The molecule has 22 heteroatoms. The number of aromatic carboxylic acids is 1. The molecule has 0 radical (unpaired) electrons. The fourth-order valence-electron chi connectivity index (χ4n) is 11.8. The zero-order valence-corrected chi connectivity index (χ0v) is 47.8. The molecule has 0 saturated carbocycles. The first-order valence-electron chi connectivity index (χ1n) is 27.0. The number of aromatic nitrogens is 1. The standard InChI is InChI=1S/C55H89N5O17/c1-16-40-55(10,69)47(64)31(4)43(57-70)29(2)26-53(8,68)48(77-52-45(63)39(58(11)12)24-30(3)72-52)32(5)46(33(6)51(67)74-40)76-42-27-54(9,71-15)49(34(7)73-42)75-41(61)21-23-56-22-17-18-35-19-20-38-36(25-35)44(62)37(50(65)66)28-60(38)59(13)14/h19-20,25,28-34,39-40,42,45-49,52,56,63-64,68-70H,16-18,21-24,26-27H2,1-15H3,(H,65,66)/b57-43+/t29-,30-,31-,32+,33-,34+,39+,40-,42+,45-,46+,47-,48-,49+,52+,53-,54-,55-/m1/s1. The third-order valence-electron chi connectivity index (χ3n) is 16.2. The number of esters is 2. The number of likely N-dealkylation sites (N-methyl/N-ethyl adjacent to an activating group) is 1. The molecule has 3 aliphatic heterocycles. The Bertz CT molecular complexity index is 2410. The van der Waals surface area contributed by atoms with Crippen LogP contribution in [0.15, 0.2) is 34.3 Å². The smallest absolute Gasteiger partial charge is 0.341 e. The number of rotatable bonds is 17. The summed E-state index contributed by atoms with van der Waals surface area (Å²) >= 11 is 0. The van der Waals surface area contributed by atoms with Gasteiger partial charge in [-0.3, -0.25) is 19.1 Å². The molecule has 18 atom stereocenters. The van der Waals surface area contributed by atoms with Crippen molar-refractivity contribution >= 4 is 34.5 Å². The molecule has 0 unspecified atom stereocenters. The van der Waals surface area contributed by atoms with Gasteiger partial charge < -0.3 is 79.1 Å². The summed E-state index contributed by atoms with van der Waals surface area (Å²) in [4.78, 5) is 54.8. The maximum atomic E-state index is 14.5. The second-order valence-electron chi connectivity index (χ2n) is 22.9.